The van der Waals surface area contributed by atoms with Crippen molar-refractivity contribution >= 4 is 17.5 Å². The van der Waals surface area contributed by atoms with Gasteiger partial charge in [-0.05, 0) is 51.5 Å². The fraction of sp³-hybridized carbons (Fsp3) is 0.533. The first-order valence-corrected chi connectivity index (χ1v) is 7.04. The summed E-state index contributed by atoms with van der Waals surface area (Å²) in [5, 5.41) is 10.6. The van der Waals surface area contributed by atoms with Gasteiger partial charge in [-0.1, -0.05) is 11.6 Å². The summed E-state index contributed by atoms with van der Waals surface area (Å²) in [6, 6.07) is 6.91. The summed E-state index contributed by atoms with van der Waals surface area (Å²) in [4.78, 5) is 14.1. The first-order chi connectivity index (χ1) is 9.20. The van der Waals surface area contributed by atoms with Crippen LogP contribution in [0.15, 0.2) is 24.3 Å². The Morgan fingerprint density at radius 2 is 2.00 bits per heavy atom. The average molecular weight is 298 g/mol. The summed E-state index contributed by atoms with van der Waals surface area (Å²) in [6.07, 6.45) is 0.593. The zero-order chi connectivity index (χ0) is 15.0. The van der Waals surface area contributed by atoms with Crippen LogP contribution in [-0.2, 0) is 4.79 Å². The number of β-amino-alcohol motifs (C(OH)–C–C–N with tert-alkyl or cyclic N) is 1. The second-order valence-corrected chi connectivity index (χ2v) is 6.48. The predicted molar refractivity (Wildman–Crippen MR) is 78.0 cm³/mol. The molecule has 1 aliphatic heterocycles. The van der Waals surface area contributed by atoms with E-state index in [0.717, 1.165) is 0 Å². The lowest BCUT2D eigenvalue weighted by atomic mass is 10.1. The van der Waals surface area contributed by atoms with Crippen LogP contribution in [0.4, 0.5) is 0 Å². The molecule has 1 N–H and O–H groups in total. The van der Waals surface area contributed by atoms with Crippen molar-refractivity contribution in [1.82, 2.24) is 4.90 Å². The Kier molecular flexibility index (Phi) is 3.98. The number of rotatable bonds is 3. The fourth-order valence-corrected chi connectivity index (χ4v) is 2.47. The fourth-order valence-electron chi connectivity index (χ4n) is 2.34. The zero-order valence-corrected chi connectivity index (χ0v) is 12.8. The Hall–Kier alpha value is -1.26. The van der Waals surface area contributed by atoms with Crippen LogP contribution in [0.1, 0.15) is 27.2 Å². The van der Waals surface area contributed by atoms with E-state index in [1.165, 1.54) is 0 Å². The van der Waals surface area contributed by atoms with Gasteiger partial charge in [0.05, 0.1) is 5.60 Å². The Bertz CT molecular complexity index is 496. The molecule has 1 unspecified atom stereocenters. The molecule has 0 bridgehead atoms. The highest BCUT2D eigenvalue weighted by atomic mass is 35.5. The van der Waals surface area contributed by atoms with E-state index in [2.05, 4.69) is 0 Å². The Morgan fingerprint density at radius 1 is 1.40 bits per heavy atom. The van der Waals surface area contributed by atoms with Crippen LogP contribution in [0.3, 0.4) is 0 Å². The molecule has 110 valence electrons. The van der Waals surface area contributed by atoms with Crippen molar-refractivity contribution in [3.63, 3.8) is 0 Å². The van der Waals surface area contributed by atoms with Crippen molar-refractivity contribution in [3.8, 4) is 5.75 Å². The number of carbonyl (C=O) groups is 1. The molecule has 1 aromatic carbocycles. The first-order valence-electron chi connectivity index (χ1n) is 6.66. The molecule has 0 aromatic heterocycles. The lowest BCUT2D eigenvalue weighted by Crippen LogP contribution is -2.49. The van der Waals surface area contributed by atoms with Crippen LogP contribution < -0.4 is 4.74 Å². The van der Waals surface area contributed by atoms with Gasteiger partial charge in [-0.15, -0.1) is 0 Å². The molecule has 1 aromatic rings. The highest BCUT2D eigenvalue weighted by Gasteiger charge is 2.41. The number of benzene rings is 1. The van der Waals surface area contributed by atoms with Crippen LogP contribution in [0.2, 0.25) is 5.02 Å². The van der Waals surface area contributed by atoms with Crippen molar-refractivity contribution in [3.05, 3.63) is 29.3 Å². The molecular formula is C15H20ClNO3. The van der Waals surface area contributed by atoms with E-state index in [9.17, 15) is 9.90 Å². The van der Waals surface area contributed by atoms with Crippen LogP contribution in [0, 0.1) is 0 Å². The molecule has 20 heavy (non-hydrogen) atoms. The van der Waals surface area contributed by atoms with E-state index in [1.807, 2.05) is 0 Å². The van der Waals surface area contributed by atoms with E-state index in [4.69, 9.17) is 16.3 Å². The van der Waals surface area contributed by atoms with Crippen molar-refractivity contribution in [2.45, 2.75) is 38.4 Å². The third-order valence-corrected chi connectivity index (χ3v) is 3.69. The first kappa shape index (κ1) is 15.1. The Labute approximate surface area is 124 Å². The van der Waals surface area contributed by atoms with Crippen LogP contribution in [0.25, 0.3) is 0 Å². The number of hydrogen-bond donors (Lipinski definition) is 1. The summed E-state index contributed by atoms with van der Waals surface area (Å²) in [5.41, 5.74) is -1.78. The minimum Gasteiger partial charge on any atom is -0.478 e. The molecule has 5 heteroatoms. The maximum absolute atomic E-state index is 12.5. The van der Waals surface area contributed by atoms with Crippen LogP contribution in [-0.4, -0.2) is 40.2 Å². The van der Waals surface area contributed by atoms with Crippen molar-refractivity contribution in [1.29, 1.82) is 0 Å². The molecule has 4 nitrogen and oxygen atoms in total. The van der Waals surface area contributed by atoms with E-state index in [1.54, 1.807) is 49.9 Å². The largest absolute Gasteiger partial charge is 0.478 e. The topological polar surface area (TPSA) is 49.8 Å². The predicted octanol–water partition coefficient (Wildman–Crippen LogP) is 2.48. The molecule has 0 spiro atoms. The van der Waals surface area contributed by atoms with Gasteiger partial charge in [-0.3, -0.25) is 4.79 Å². The molecule has 1 fully saturated rings. The number of ether oxygens (including phenoxy) is 1. The normalized spacial score (nSPS) is 22.9. The van der Waals surface area contributed by atoms with Gasteiger partial charge in [0.25, 0.3) is 5.91 Å². The molecule has 0 saturated carbocycles. The monoisotopic (exact) mass is 297 g/mol. The number of aliphatic hydroxyl groups is 1. The summed E-state index contributed by atoms with van der Waals surface area (Å²) in [5.74, 6) is 0.476. The van der Waals surface area contributed by atoms with Gasteiger partial charge in [0.15, 0.2) is 5.60 Å². The lowest BCUT2D eigenvalue weighted by Gasteiger charge is -2.30. The molecule has 1 heterocycles. The van der Waals surface area contributed by atoms with Gasteiger partial charge in [0.1, 0.15) is 5.75 Å². The number of hydrogen-bond acceptors (Lipinski definition) is 3. The Balaban J connectivity index is 2.06. The maximum Gasteiger partial charge on any atom is 0.266 e. The molecule has 0 aliphatic carbocycles. The van der Waals surface area contributed by atoms with E-state index in [-0.39, 0.29) is 5.91 Å². The summed E-state index contributed by atoms with van der Waals surface area (Å²) >= 11 is 5.82. The summed E-state index contributed by atoms with van der Waals surface area (Å²) < 4.78 is 5.77. The molecule has 2 rings (SSSR count). The van der Waals surface area contributed by atoms with E-state index < -0.39 is 11.2 Å². The smallest absolute Gasteiger partial charge is 0.266 e. The van der Waals surface area contributed by atoms with E-state index >= 15 is 0 Å². The van der Waals surface area contributed by atoms with Crippen LogP contribution >= 0.6 is 11.6 Å². The lowest BCUT2D eigenvalue weighted by molar-refractivity contribution is -0.145. The van der Waals surface area contributed by atoms with E-state index in [0.29, 0.717) is 30.3 Å². The number of nitrogens with zero attached hydrogens (tertiary/aromatic N) is 1. The molecule has 1 saturated heterocycles. The van der Waals surface area contributed by atoms with Gasteiger partial charge < -0.3 is 14.7 Å². The van der Waals surface area contributed by atoms with Crippen molar-refractivity contribution in [2.75, 3.05) is 13.1 Å². The second kappa shape index (κ2) is 5.26. The minimum absolute atomic E-state index is 0.120. The quantitative estimate of drug-likeness (QED) is 0.932. The molecule has 0 radical (unpaired) electrons. The van der Waals surface area contributed by atoms with Crippen LogP contribution in [0.5, 0.6) is 5.75 Å². The zero-order valence-electron chi connectivity index (χ0n) is 12.0. The standard InChI is InChI=1S/C15H20ClNO3/c1-14(2,20-12-6-4-11(16)5-7-12)13(18)17-9-8-15(3,19)10-17/h4-7,19H,8-10H2,1-3H3. The van der Waals surface area contributed by atoms with Gasteiger partial charge in [-0.25, -0.2) is 0 Å². The number of halogens is 1. The molecule has 1 amide bonds. The highest BCUT2D eigenvalue weighted by Crippen LogP contribution is 2.26. The average Bonchev–Trinajstić information content (AvgIpc) is 2.71. The molecule has 1 atom stereocenters. The number of amides is 1. The van der Waals surface area contributed by atoms with Gasteiger partial charge in [0.2, 0.25) is 0 Å². The highest BCUT2D eigenvalue weighted by molar-refractivity contribution is 6.30. The molecular weight excluding hydrogens is 278 g/mol. The third-order valence-electron chi connectivity index (χ3n) is 3.44. The summed E-state index contributed by atoms with van der Waals surface area (Å²) in [7, 11) is 0. The summed E-state index contributed by atoms with van der Waals surface area (Å²) in [6.45, 7) is 6.11. The van der Waals surface area contributed by atoms with Crippen molar-refractivity contribution < 1.29 is 14.6 Å². The SMILES string of the molecule is CC1(O)CCN(C(=O)C(C)(C)Oc2ccc(Cl)cc2)C1. The number of carbonyl (C=O) groups excluding carboxylic acids is 1. The van der Waals surface area contributed by atoms with Gasteiger partial charge in [0, 0.05) is 18.1 Å². The maximum atomic E-state index is 12.5. The third kappa shape index (κ3) is 3.44. The molecule has 1 aliphatic rings. The van der Waals surface area contributed by atoms with Crippen molar-refractivity contribution in [2.24, 2.45) is 0 Å². The minimum atomic E-state index is -0.978. The second-order valence-electron chi connectivity index (χ2n) is 6.04. The van der Waals surface area contributed by atoms with Gasteiger partial charge >= 0.3 is 0 Å². The van der Waals surface area contributed by atoms with Gasteiger partial charge in [-0.2, -0.15) is 0 Å². The Morgan fingerprint density at radius 3 is 2.50 bits per heavy atom. The number of likely N-dealkylation sites (tertiary alicyclic amines) is 1.